The van der Waals surface area contributed by atoms with Crippen LogP contribution in [0.3, 0.4) is 0 Å². The molecule has 0 aliphatic carbocycles. The quantitative estimate of drug-likeness (QED) is 0.575. The summed E-state index contributed by atoms with van der Waals surface area (Å²) in [6.07, 6.45) is 4.79. The Morgan fingerprint density at radius 3 is 2.10 bits per heavy atom. The van der Waals surface area contributed by atoms with Crippen molar-refractivity contribution in [1.29, 1.82) is 10.5 Å². The van der Waals surface area contributed by atoms with Gasteiger partial charge in [-0.1, -0.05) is 6.92 Å². The Hall–Kier alpha value is -1.80. The van der Waals surface area contributed by atoms with Crippen LogP contribution in [0.5, 0.6) is 0 Å². The normalized spacial score (nSPS) is 23.8. The first-order valence-electron chi connectivity index (χ1n) is 11.3. The second-order valence-electron chi connectivity index (χ2n) is 8.61. The maximum Gasteiger partial charge on any atom is 0.169 e. The van der Waals surface area contributed by atoms with Crippen LogP contribution in [0.25, 0.3) is 0 Å². The van der Waals surface area contributed by atoms with Crippen LogP contribution in [0.1, 0.15) is 32.6 Å². The van der Waals surface area contributed by atoms with Gasteiger partial charge in [0.05, 0.1) is 13.2 Å². The molecular formula is C22H36N6O. The van der Waals surface area contributed by atoms with Crippen LogP contribution in [-0.4, -0.2) is 98.3 Å². The van der Waals surface area contributed by atoms with E-state index in [4.69, 9.17) is 4.74 Å². The number of ether oxygens (including phenoxy) is 1. The molecule has 0 spiro atoms. The number of hydrogen-bond acceptors (Lipinski definition) is 7. The summed E-state index contributed by atoms with van der Waals surface area (Å²) in [5.41, 5.74) is 0.264. The molecule has 160 valence electrons. The fourth-order valence-electron chi connectivity index (χ4n) is 4.81. The second kappa shape index (κ2) is 11.4. The molecular weight excluding hydrogens is 364 g/mol. The summed E-state index contributed by atoms with van der Waals surface area (Å²) in [5, 5.41) is 19.0. The van der Waals surface area contributed by atoms with Crippen molar-refractivity contribution in [1.82, 2.24) is 19.6 Å². The number of piperidine rings is 1. The van der Waals surface area contributed by atoms with Crippen molar-refractivity contribution in [3.05, 3.63) is 11.4 Å². The molecule has 1 unspecified atom stereocenters. The summed E-state index contributed by atoms with van der Waals surface area (Å²) in [6.45, 7) is 14.2. The molecule has 3 heterocycles. The minimum Gasteiger partial charge on any atom is -0.379 e. The van der Waals surface area contributed by atoms with E-state index in [2.05, 4.69) is 38.7 Å². The minimum atomic E-state index is 0.264. The number of nitriles is 2. The van der Waals surface area contributed by atoms with Gasteiger partial charge >= 0.3 is 0 Å². The predicted octanol–water partition coefficient (Wildman–Crippen LogP) is 1.71. The highest BCUT2D eigenvalue weighted by Gasteiger charge is 2.28. The summed E-state index contributed by atoms with van der Waals surface area (Å²) >= 11 is 0. The van der Waals surface area contributed by atoms with E-state index in [1.165, 1.54) is 25.9 Å². The van der Waals surface area contributed by atoms with Crippen LogP contribution >= 0.6 is 0 Å². The first-order valence-corrected chi connectivity index (χ1v) is 11.3. The van der Waals surface area contributed by atoms with Crippen molar-refractivity contribution in [3.63, 3.8) is 0 Å². The van der Waals surface area contributed by atoms with Crippen molar-refractivity contribution in [2.45, 2.75) is 32.6 Å². The second-order valence-corrected chi connectivity index (χ2v) is 8.61. The Labute approximate surface area is 176 Å². The van der Waals surface area contributed by atoms with Crippen LogP contribution < -0.4 is 0 Å². The summed E-state index contributed by atoms with van der Waals surface area (Å²) < 4.78 is 5.42. The Morgan fingerprint density at radius 2 is 1.52 bits per heavy atom. The zero-order valence-corrected chi connectivity index (χ0v) is 18.0. The zero-order valence-electron chi connectivity index (χ0n) is 18.0. The van der Waals surface area contributed by atoms with Gasteiger partial charge < -0.3 is 19.4 Å². The van der Waals surface area contributed by atoms with Crippen LogP contribution in [0, 0.1) is 28.6 Å². The topological polar surface area (TPSA) is 69.8 Å². The minimum absolute atomic E-state index is 0.264. The van der Waals surface area contributed by atoms with Crippen LogP contribution in [0.2, 0.25) is 0 Å². The highest BCUT2D eigenvalue weighted by atomic mass is 16.5. The third-order valence-electron chi connectivity index (χ3n) is 6.34. The average Bonchev–Trinajstić information content (AvgIpc) is 3.13. The molecule has 0 aromatic rings. The lowest BCUT2D eigenvalue weighted by Gasteiger charge is -2.32. The van der Waals surface area contributed by atoms with Crippen molar-refractivity contribution >= 4 is 0 Å². The molecule has 3 saturated heterocycles. The number of allylic oxidation sites excluding steroid dienone is 1. The van der Waals surface area contributed by atoms with Crippen molar-refractivity contribution in [2.24, 2.45) is 5.92 Å². The Bertz CT molecular complexity index is 614. The lowest BCUT2D eigenvalue weighted by Crippen LogP contribution is -2.38. The molecule has 3 aliphatic rings. The van der Waals surface area contributed by atoms with Gasteiger partial charge in [0.15, 0.2) is 5.57 Å². The first kappa shape index (κ1) is 21.9. The molecule has 7 nitrogen and oxygen atoms in total. The maximum absolute atomic E-state index is 9.50. The van der Waals surface area contributed by atoms with Crippen molar-refractivity contribution < 1.29 is 4.74 Å². The van der Waals surface area contributed by atoms with Gasteiger partial charge in [0, 0.05) is 52.4 Å². The van der Waals surface area contributed by atoms with Gasteiger partial charge in [0.2, 0.25) is 0 Å². The lowest BCUT2D eigenvalue weighted by molar-refractivity contribution is 0.0366. The van der Waals surface area contributed by atoms with Crippen LogP contribution in [0.4, 0.5) is 0 Å². The highest BCUT2D eigenvalue weighted by Crippen LogP contribution is 2.23. The highest BCUT2D eigenvalue weighted by molar-refractivity contribution is 5.40. The summed E-state index contributed by atoms with van der Waals surface area (Å²) in [6, 6.07) is 4.27. The van der Waals surface area contributed by atoms with Crippen molar-refractivity contribution in [3.8, 4) is 12.1 Å². The van der Waals surface area contributed by atoms with Gasteiger partial charge in [-0.3, -0.25) is 4.90 Å². The third kappa shape index (κ3) is 6.34. The Kier molecular flexibility index (Phi) is 8.61. The van der Waals surface area contributed by atoms with Gasteiger partial charge in [0.25, 0.3) is 0 Å². The summed E-state index contributed by atoms with van der Waals surface area (Å²) in [5.74, 6) is 1.67. The fourth-order valence-corrected chi connectivity index (χ4v) is 4.81. The van der Waals surface area contributed by atoms with Gasteiger partial charge in [-0.05, 0) is 44.7 Å². The van der Waals surface area contributed by atoms with Gasteiger partial charge in [0.1, 0.15) is 18.0 Å². The largest absolute Gasteiger partial charge is 0.379 e. The van der Waals surface area contributed by atoms with Crippen LogP contribution in [-0.2, 0) is 4.74 Å². The molecule has 0 saturated carbocycles. The summed E-state index contributed by atoms with van der Waals surface area (Å²) in [4.78, 5) is 9.54. The molecule has 0 amide bonds. The van der Waals surface area contributed by atoms with E-state index >= 15 is 0 Å². The molecule has 0 bridgehead atoms. The van der Waals surface area contributed by atoms with E-state index in [0.29, 0.717) is 0 Å². The smallest absolute Gasteiger partial charge is 0.169 e. The van der Waals surface area contributed by atoms with Crippen molar-refractivity contribution in [2.75, 3.05) is 78.7 Å². The molecule has 1 atom stereocenters. The predicted molar refractivity (Wildman–Crippen MR) is 113 cm³/mol. The molecule has 29 heavy (non-hydrogen) atoms. The number of nitrogens with zero attached hydrogens (tertiary/aromatic N) is 6. The van der Waals surface area contributed by atoms with E-state index in [9.17, 15) is 10.5 Å². The number of morpholine rings is 1. The number of likely N-dealkylation sites (tertiary alicyclic amines) is 1. The SMILES string of the molecule is CC1CCCN(CCCN2CCN(CCCN3CCOCC3)C2=C(C#N)C#N)C1. The first-order chi connectivity index (χ1) is 14.2. The maximum atomic E-state index is 9.50. The molecule has 3 fully saturated rings. The van der Waals surface area contributed by atoms with Gasteiger partial charge in [-0.2, -0.15) is 10.5 Å². The Morgan fingerprint density at radius 1 is 0.897 bits per heavy atom. The molecule has 0 radical (unpaired) electrons. The molecule has 0 aromatic carbocycles. The summed E-state index contributed by atoms with van der Waals surface area (Å²) in [7, 11) is 0. The van der Waals surface area contributed by atoms with E-state index in [0.717, 1.165) is 90.2 Å². The number of hydrogen-bond donors (Lipinski definition) is 0. The average molecular weight is 401 g/mol. The standard InChI is InChI=1S/C22H36N6O/c1-20-5-2-6-26(19-20)8-4-10-28-12-11-27(22(28)21(17-23)18-24)9-3-7-25-13-15-29-16-14-25/h20H,2-16,19H2,1H3. The van der Waals surface area contributed by atoms with Crippen LogP contribution in [0.15, 0.2) is 11.4 Å². The van der Waals surface area contributed by atoms with Gasteiger partial charge in [-0.15, -0.1) is 0 Å². The lowest BCUT2D eigenvalue weighted by atomic mass is 10.0. The van der Waals surface area contributed by atoms with E-state index < -0.39 is 0 Å². The van der Waals surface area contributed by atoms with E-state index in [1.807, 2.05) is 0 Å². The van der Waals surface area contributed by atoms with Gasteiger partial charge in [-0.25, -0.2) is 0 Å². The molecule has 3 rings (SSSR count). The molecule has 7 heteroatoms. The molecule has 0 aromatic heterocycles. The number of rotatable bonds is 8. The molecule has 0 N–H and O–H groups in total. The molecule has 3 aliphatic heterocycles. The van der Waals surface area contributed by atoms with E-state index in [1.54, 1.807) is 0 Å². The third-order valence-corrected chi connectivity index (χ3v) is 6.34. The fraction of sp³-hybridized carbons (Fsp3) is 0.818. The van der Waals surface area contributed by atoms with E-state index in [-0.39, 0.29) is 5.57 Å². The monoisotopic (exact) mass is 400 g/mol. The Balaban J connectivity index is 1.50. The zero-order chi connectivity index (χ0) is 20.5.